The van der Waals surface area contributed by atoms with Gasteiger partial charge in [-0.25, -0.2) is 27.1 Å². The van der Waals surface area contributed by atoms with Crippen LogP contribution in [0.5, 0.6) is 0 Å². The molecule has 3 fully saturated rings. The van der Waals surface area contributed by atoms with Crippen LogP contribution in [0, 0.1) is 11.7 Å². The van der Waals surface area contributed by atoms with Crippen LogP contribution in [-0.4, -0.2) is 104 Å². The largest absolute Gasteiger partial charge is 0.446 e. The number of anilines is 1. The van der Waals surface area contributed by atoms with Crippen LogP contribution in [0.15, 0.2) is 60.0 Å². The molecule has 0 unspecified atom stereocenters. The molecule has 7 rings (SSSR count). The molecule has 2 aliphatic carbocycles. The quantitative estimate of drug-likeness (QED) is 0.329. The number of carbonyl (C=O) groups is 5. The normalized spacial score (nSPS) is 27.9. The topological polar surface area (TPSA) is 202 Å². The van der Waals surface area contributed by atoms with E-state index in [1.807, 2.05) is 0 Å². The number of ether oxygens (including phenoxy) is 3. The van der Waals surface area contributed by atoms with E-state index in [0.717, 1.165) is 12.8 Å². The predicted octanol–water partition coefficient (Wildman–Crippen LogP) is 3.46. The summed E-state index contributed by atoms with van der Waals surface area (Å²) in [5.74, 6) is -3.56. The zero-order valence-corrected chi connectivity index (χ0v) is 32.9. The van der Waals surface area contributed by atoms with E-state index < -0.39 is 75.4 Å². The zero-order valence-electron chi connectivity index (χ0n) is 32.1. The number of nitrogens with one attached hydrogen (secondary N) is 4. The summed E-state index contributed by atoms with van der Waals surface area (Å²) in [4.78, 5) is 71.7. The van der Waals surface area contributed by atoms with E-state index in [1.165, 1.54) is 34.1 Å². The molecule has 18 heteroatoms. The molecule has 0 radical (unpaired) electrons. The van der Waals surface area contributed by atoms with Gasteiger partial charge in [0.2, 0.25) is 11.8 Å². The van der Waals surface area contributed by atoms with E-state index in [4.69, 9.17) is 14.2 Å². The highest BCUT2D eigenvalue weighted by Crippen LogP contribution is 2.45. The molecule has 16 nitrogen and oxygen atoms in total. The Bertz CT molecular complexity index is 2050. The molecule has 0 aromatic heterocycles. The van der Waals surface area contributed by atoms with Crippen molar-refractivity contribution < 1.29 is 51.0 Å². The first-order valence-corrected chi connectivity index (χ1v) is 21.3. The molecule has 0 bridgehead atoms. The Labute approximate surface area is 336 Å². The maximum atomic E-state index is 14.5. The molecule has 4 N–H and O–H groups in total. The Balaban J connectivity index is 1.16. The molecule has 2 aromatic carbocycles. The summed E-state index contributed by atoms with van der Waals surface area (Å²) in [6.07, 6.45) is 2.83. The summed E-state index contributed by atoms with van der Waals surface area (Å²) in [6.45, 7) is 4.34. The van der Waals surface area contributed by atoms with Gasteiger partial charge in [0.15, 0.2) is 0 Å². The Morgan fingerprint density at radius 1 is 0.966 bits per heavy atom. The predicted molar refractivity (Wildman–Crippen MR) is 206 cm³/mol. The first-order chi connectivity index (χ1) is 27.9. The fourth-order valence-corrected chi connectivity index (χ4v) is 9.42. The molecule has 312 valence electrons. The minimum absolute atomic E-state index is 0.0276. The molecule has 58 heavy (non-hydrogen) atoms. The van der Waals surface area contributed by atoms with Crippen LogP contribution >= 0.6 is 0 Å². The van der Waals surface area contributed by atoms with Gasteiger partial charge < -0.3 is 35.1 Å². The molecule has 2 aromatic rings. The van der Waals surface area contributed by atoms with E-state index >= 15 is 0 Å². The lowest BCUT2D eigenvalue weighted by Gasteiger charge is -2.30. The van der Waals surface area contributed by atoms with E-state index in [1.54, 1.807) is 24.3 Å². The second kappa shape index (κ2) is 17.3. The van der Waals surface area contributed by atoms with Gasteiger partial charge >= 0.3 is 12.2 Å². The van der Waals surface area contributed by atoms with Crippen molar-refractivity contribution in [3.8, 4) is 0 Å². The monoisotopic (exact) mass is 824 g/mol. The van der Waals surface area contributed by atoms with Crippen molar-refractivity contribution in [2.45, 2.75) is 106 Å². The van der Waals surface area contributed by atoms with Crippen LogP contribution in [0.2, 0.25) is 0 Å². The third kappa shape index (κ3) is 8.92. The summed E-state index contributed by atoms with van der Waals surface area (Å²) in [5.41, 5.74) is -0.435. The van der Waals surface area contributed by atoms with Gasteiger partial charge in [-0.1, -0.05) is 30.3 Å². The van der Waals surface area contributed by atoms with Crippen molar-refractivity contribution >= 4 is 45.6 Å². The first-order valence-electron chi connectivity index (χ1n) is 19.8. The first kappa shape index (κ1) is 40.9. The summed E-state index contributed by atoms with van der Waals surface area (Å²) in [7, 11) is -4.44. The SMILES string of the molecule is C=C[C@@H]1C[C@@]12NC(=O)[C@@H]1C[C@@H](OC(=O)N3Cc4cccc(F)c4C3)CN1C(=O)[C@@H](NC(=O)OC1CCCC1)CCOCCCCNc1ccccc1S(=O)(=O)NC2=O. The molecule has 3 heterocycles. The van der Waals surface area contributed by atoms with Gasteiger partial charge in [-0.05, 0) is 68.7 Å². The van der Waals surface area contributed by atoms with Crippen LogP contribution < -0.4 is 20.7 Å². The zero-order chi connectivity index (χ0) is 41.0. The maximum absolute atomic E-state index is 14.5. The lowest BCUT2D eigenvalue weighted by atomic mass is 10.1. The maximum Gasteiger partial charge on any atom is 0.410 e. The van der Waals surface area contributed by atoms with Crippen LogP contribution in [-0.2, 0) is 51.7 Å². The van der Waals surface area contributed by atoms with Crippen molar-refractivity contribution in [2.75, 3.05) is 31.6 Å². The smallest absolute Gasteiger partial charge is 0.410 e. The molecule has 5 aliphatic rings. The molecule has 5 atom stereocenters. The molecule has 3 aliphatic heterocycles. The van der Waals surface area contributed by atoms with Crippen molar-refractivity contribution in [3.63, 3.8) is 0 Å². The number of para-hydroxylation sites is 1. The number of rotatable bonds is 4. The standard InChI is InChI=1S/C40H49FN6O10S/c1-2-26-21-40(26)37(50)45-58(53,54)34-15-6-5-14-31(34)42-17-7-8-18-55-19-16-32(43-38(51)56-27-11-3-4-12-27)36(49)47-23-28(20-33(47)35(48)44-40)57-39(52)46-22-25-10-9-13-30(41)29(25)24-46/h2,5-6,9-10,13-15,26-28,32-33,42H,1,3-4,7-8,11-12,16-24H2,(H,43,51)(H,44,48)(H,45,50)/t26-,28-,32+,33+,40-/m1/s1. The second-order valence-electron chi connectivity index (χ2n) is 15.5. The fraction of sp³-hybridized carbons (Fsp3) is 0.525. The summed E-state index contributed by atoms with van der Waals surface area (Å²) < 4.78 is 61.3. The summed E-state index contributed by atoms with van der Waals surface area (Å²) in [6, 6.07) is 8.20. The molecule has 2 saturated carbocycles. The van der Waals surface area contributed by atoms with Gasteiger partial charge in [-0.2, -0.15) is 0 Å². The number of benzene rings is 2. The third-order valence-corrected chi connectivity index (χ3v) is 12.9. The number of carbonyl (C=O) groups excluding carboxylic acids is 5. The van der Waals surface area contributed by atoms with Crippen molar-refractivity contribution in [2.24, 2.45) is 5.92 Å². The van der Waals surface area contributed by atoms with Crippen LogP contribution in [0.4, 0.5) is 19.7 Å². The number of amides is 5. The number of alkyl carbamates (subject to hydrolysis) is 1. The van der Waals surface area contributed by atoms with E-state index in [9.17, 15) is 36.8 Å². The number of fused-ring (bicyclic) bond motifs is 3. The minimum atomic E-state index is -4.44. The highest BCUT2D eigenvalue weighted by Gasteiger charge is 2.61. The lowest BCUT2D eigenvalue weighted by Crippen LogP contribution is -2.58. The third-order valence-electron chi connectivity index (χ3n) is 11.5. The van der Waals surface area contributed by atoms with Gasteiger partial charge in [-0.15, -0.1) is 6.58 Å². The van der Waals surface area contributed by atoms with Gasteiger partial charge in [-0.3, -0.25) is 19.3 Å². The minimum Gasteiger partial charge on any atom is -0.446 e. The lowest BCUT2D eigenvalue weighted by molar-refractivity contribution is -0.141. The Kier molecular flexibility index (Phi) is 12.2. The number of hydrogen-bond acceptors (Lipinski definition) is 11. The van der Waals surface area contributed by atoms with Crippen molar-refractivity contribution in [1.82, 2.24) is 25.2 Å². The molecule has 1 spiro atoms. The van der Waals surface area contributed by atoms with Gasteiger partial charge in [0.25, 0.3) is 15.9 Å². The summed E-state index contributed by atoms with van der Waals surface area (Å²) >= 11 is 0. The van der Waals surface area contributed by atoms with E-state index in [0.29, 0.717) is 50.0 Å². The Morgan fingerprint density at radius 2 is 1.76 bits per heavy atom. The van der Waals surface area contributed by atoms with Crippen LogP contribution in [0.25, 0.3) is 0 Å². The van der Waals surface area contributed by atoms with Crippen molar-refractivity contribution in [1.29, 1.82) is 0 Å². The fourth-order valence-electron chi connectivity index (χ4n) is 8.20. The number of sulfonamides is 1. The van der Waals surface area contributed by atoms with Gasteiger partial charge in [0.1, 0.15) is 40.5 Å². The van der Waals surface area contributed by atoms with Crippen LogP contribution in [0.1, 0.15) is 68.9 Å². The highest BCUT2D eigenvalue weighted by atomic mass is 32.2. The van der Waals surface area contributed by atoms with E-state index in [2.05, 4.69) is 27.3 Å². The number of nitrogens with zero attached hydrogens (tertiary/aromatic N) is 2. The average molecular weight is 825 g/mol. The van der Waals surface area contributed by atoms with Gasteiger partial charge in [0.05, 0.1) is 18.8 Å². The Hall–Kier alpha value is -5.23. The molecular formula is C40H49FN6O10S. The molecular weight excluding hydrogens is 776 g/mol. The van der Waals surface area contributed by atoms with Crippen LogP contribution in [0.3, 0.4) is 0 Å². The van der Waals surface area contributed by atoms with Crippen molar-refractivity contribution in [3.05, 3.63) is 72.1 Å². The second-order valence-corrected chi connectivity index (χ2v) is 17.1. The average Bonchev–Trinajstić information content (AvgIpc) is 3.59. The highest BCUT2D eigenvalue weighted by molar-refractivity contribution is 7.90. The Morgan fingerprint density at radius 3 is 2.52 bits per heavy atom. The summed E-state index contributed by atoms with van der Waals surface area (Å²) in [5, 5.41) is 8.51. The number of hydrogen-bond donors (Lipinski definition) is 4. The molecule has 1 saturated heterocycles. The van der Waals surface area contributed by atoms with E-state index in [-0.39, 0.29) is 62.2 Å². The number of halogens is 1. The van der Waals surface area contributed by atoms with Gasteiger partial charge in [0, 0.05) is 50.6 Å². The molecule has 5 amide bonds.